The molecule has 0 saturated carbocycles. The number of imide groups is 1. The Bertz CT molecular complexity index is 582. The number of nitrogens with one attached hydrogen (secondary N) is 2. The molecule has 0 spiro atoms. The van der Waals surface area contributed by atoms with E-state index < -0.39 is 6.03 Å². The van der Waals surface area contributed by atoms with Crippen molar-refractivity contribution in [2.45, 2.75) is 31.2 Å². The molecule has 5 amide bonds. The molecule has 10 heteroatoms. The van der Waals surface area contributed by atoms with Crippen molar-refractivity contribution in [1.82, 2.24) is 20.4 Å². The average Bonchev–Trinajstić information content (AvgIpc) is 3.14. The van der Waals surface area contributed by atoms with Gasteiger partial charge in [-0.2, -0.15) is 0 Å². The summed E-state index contributed by atoms with van der Waals surface area (Å²) in [6.07, 6.45) is -0.648. The van der Waals surface area contributed by atoms with Gasteiger partial charge in [0, 0.05) is 14.0 Å². The van der Waals surface area contributed by atoms with Gasteiger partial charge in [0.25, 0.3) is 0 Å². The highest BCUT2D eigenvalue weighted by Crippen LogP contribution is 2.27. The number of nitrogens with zero attached hydrogens (tertiary/aromatic N) is 2. The van der Waals surface area contributed by atoms with Crippen LogP contribution in [-0.2, 0) is 23.9 Å². The number of ether oxygens (including phenoxy) is 2. The van der Waals surface area contributed by atoms with E-state index in [-0.39, 0.29) is 61.7 Å². The van der Waals surface area contributed by atoms with Crippen LogP contribution in [0.4, 0.5) is 4.79 Å². The lowest BCUT2D eigenvalue weighted by Gasteiger charge is -2.20. The largest absolute Gasteiger partial charge is 0.371 e. The third-order valence-electron chi connectivity index (χ3n) is 4.38. The van der Waals surface area contributed by atoms with E-state index in [0.717, 1.165) is 4.90 Å². The molecule has 0 radical (unpaired) electrons. The summed E-state index contributed by atoms with van der Waals surface area (Å²) >= 11 is 0. The highest BCUT2D eigenvalue weighted by Gasteiger charge is 2.48. The lowest BCUT2D eigenvalue weighted by molar-refractivity contribution is -0.125. The molecule has 24 heavy (non-hydrogen) atoms. The molecule has 0 aromatic rings. The van der Waals surface area contributed by atoms with E-state index in [1.54, 1.807) is 0 Å². The molecule has 3 saturated heterocycles. The average molecular weight is 340 g/mol. The highest BCUT2D eigenvalue weighted by atomic mass is 16.6. The van der Waals surface area contributed by atoms with Crippen LogP contribution in [0.5, 0.6) is 0 Å². The zero-order valence-corrected chi connectivity index (χ0v) is 13.5. The molecule has 0 aliphatic carbocycles. The predicted octanol–water partition coefficient (Wildman–Crippen LogP) is -2.33. The van der Waals surface area contributed by atoms with Crippen molar-refractivity contribution in [3.8, 4) is 0 Å². The van der Waals surface area contributed by atoms with E-state index in [1.807, 2.05) is 0 Å². The van der Waals surface area contributed by atoms with Crippen molar-refractivity contribution in [3.05, 3.63) is 0 Å². The molecular formula is C14H20N4O6. The van der Waals surface area contributed by atoms with Crippen LogP contribution >= 0.6 is 0 Å². The molecule has 10 nitrogen and oxygen atoms in total. The Balaban J connectivity index is 1.52. The van der Waals surface area contributed by atoms with Crippen LogP contribution in [0.1, 0.15) is 6.92 Å². The summed E-state index contributed by atoms with van der Waals surface area (Å²) in [5, 5.41) is 5.54. The SMILES string of the molecule is CC(=O)N[C@H]1CO[C@H]2[C@@H]1OC[C@@H]2NC(=O)CN1CC(=O)N(C)C1=O. The molecular weight excluding hydrogens is 320 g/mol. The Morgan fingerprint density at radius 1 is 1.12 bits per heavy atom. The lowest BCUT2D eigenvalue weighted by Crippen LogP contribution is -2.49. The normalized spacial score (nSPS) is 32.2. The Hall–Kier alpha value is -2.20. The lowest BCUT2D eigenvalue weighted by atomic mass is 10.1. The van der Waals surface area contributed by atoms with Crippen LogP contribution in [0.2, 0.25) is 0 Å². The second-order valence-corrected chi connectivity index (χ2v) is 6.17. The van der Waals surface area contributed by atoms with E-state index >= 15 is 0 Å². The smallest absolute Gasteiger partial charge is 0.327 e. The maximum atomic E-state index is 12.1. The number of carbonyl (C=O) groups excluding carboxylic acids is 4. The molecule has 4 atom stereocenters. The summed E-state index contributed by atoms with van der Waals surface area (Å²) in [4.78, 5) is 48.7. The van der Waals surface area contributed by atoms with E-state index in [1.165, 1.54) is 18.9 Å². The summed E-state index contributed by atoms with van der Waals surface area (Å²) in [5.41, 5.74) is 0. The standard InChI is InChI=1S/C14H20N4O6/c1-7(19)15-8-5-23-13-9(6-24-12(8)13)16-10(20)3-18-4-11(21)17(2)14(18)22/h8-9,12-13H,3-6H2,1-2H3,(H,15,19)(H,16,20)/t8-,9-,12+,13+/m0/s1. The zero-order valence-electron chi connectivity index (χ0n) is 13.5. The van der Waals surface area contributed by atoms with Gasteiger partial charge in [-0.25, -0.2) is 4.79 Å². The number of carbonyl (C=O) groups is 4. The summed E-state index contributed by atoms with van der Waals surface area (Å²) in [7, 11) is 1.38. The first kappa shape index (κ1) is 16.7. The van der Waals surface area contributed by atoms with Crippen molar-refractivity contribution in [1.29, 1.82) is 0 Å². The number of hydrogen-bond acceptors (Lipinski definition) is 6. The maximum Gasteiger partial charge on any atom is 0.327 e. The number of hydrogen-bond donors (Lipinski definition) is 2. The Morgan fingerprint density at radius 3 is 2.21 bits per heavy atom. The third-order valence-corrected chi connectivity index (χ3v) is 4.38. The monoisotopic (exact) mass is 340 g/mol. The minimum atomic E-state index is -0.487. The molecule has 132 valence electrons. The van der Waals surface area contributed by atoms with Crippen LogP contribution in [-0.4, -0.2) is 91.2 Å². The minimum absolute atomic E-state index is 0.100. The fourth-order valence-corrected chi connectivity index (χ4v) is 3.21. The summed E-state index contributed by atoms with van der Waals surface area (Å²) in [5.74, 6) is -0.886. The van der Waals surface area contributed by atoms with Crippen LogP contribution in [0.3, 0.4) is 0 Å². The first-order valence-electron chi connectivity index (χ1n) is 7.72. The predicted molar refractivity (Wildman–Crippen MR) is 78.8 cm³/mol. The van der Waals surface area contributed by atoms with Gasteiger partial charge >= 0.3 is 6.03 Å². The highest BCUT2D eigenvalue weighted by molar-refractivity contribution is 6.03. The molecule has 3 aliphatic rings. The van der Waals surface area contributed by atoms with Gasteiger partial charge in [0.2, 0.25) is 17.7 Å². The topological polar surface area (TPSA) is 117 Å². The number of rotatable bonds is 4. The van der Waals surface area contributed by atoms with Crippen molar-refractivity contribution in [2.24, 2.45) is 0 Å². The minimum Gasteiger partial charge on any atom is -0.371 e. The number of urea groups is 1. The maximum absolute atomic E-state index is 12.1. The fraction of sp³-hybridized carbons (Fsp3) is 0.714. The van der Waals surface area contributed by atoms with Gasteiger partial charge in [-0.15, -0.1) is 0 Å². The van der Waals surface area contributed by atoms with Crippen LogP contribution < -0.4 is 10.6 Å². The van der Waals surface area contributed by atoms with Gasteiger partial charge in [-0.05, 0) is 0 Å². The van der Waals surface area contributed by atoms with Crippen molar-refractivity contribution in [3.63, 3.8) is 0 Å². The summed E-state index contributed by atoms with van der Waals surface area (Å²) in [6.45, 7) is 1.72. The first-order chi connectivity index (χ1) is 11.4. The van der Waals surface area contributed by atoms with Gasteiger partial charge < -0.3 is 25.0 Å². The fourth-order valence-electron chi connectivity index (χ4n) is 3.21. The van der Waals surface area contributed by atoms with Crippen molar-refractivity contribution in [2.75, 3.05) is 33.4 Å². The number of fused-ring (bicyclic) bond motifs is 1. The van der Waals surface area contributed by atoms with Crippen molar-refractivity contribution >= 4 is 23.8 Å². The van der Waals surface area contributed by atoms with Gasteiger partial charge in [0.1, 0.15) is 25.3 Å². The second-order valence-electron chi connectivity index (χ2n) is 6.17. The van der Waals surface area contributed by atoms with E-state index in [4.69, 9.17) is 9.47 Å². The molecule has 3 fully saturated rings. The van der Waals surface area contributed by atoms with Crippen LogP contribution in [0.15, 0.2) is 0 Å². The van der Waals surface area contributed by atoms with Crippen LogP contribution in [0.25, 0.3) is 0 Å². The molecule has 0 unspecified atom stereocenters. The molecule has 0 aromatic carbocycles. The van der Waals surface area contributed by atoms with Crippen molar-refractivity contribution < 1.29 is 28.7 Å². The third kappa shape index (κ3) is 3.06. The second kappa shape index (κ2) is 6.36. The molecule has 3 rings (SSSR count). The van der Waals surface area contributed by atoms with Gasteiger partial charge in [-0.3, -0.25) is 19.3 Å². The van der Waals surface area contributed by atoms with Crippen LogP contribution in [0, 0.1) is 0 Å². The van der Waals surface area contributed by atoms with E-state index in [0.29, 0.717) is 6.61 Å². The zero-order chi connectivity index (χ0) is 17.4. The molecule has 3 aliphatic heterocycles. The Morgan fingerprint density at radius 2 is 1.71 bits per heavy atom. The quantitative estimate of drug-likeness (QED) is 0.554. The van der Waals surface area contributed by atoms with E-state index in [9.17, 15) is 19.2 Å². The summed E-state index contributed by atoms with van der Waals surface area (Å²) in [6, 6.07) is -1.08. The summed E-state index contributed by atoms with van der Waals surface area (Å²) < 4.78 is 11.3. The molecule has 2 N–H and O–H groups in total. The van der Waals surface area contributed by atoms with Gasteiger partial charge in [0.05, 0.1) is 25.3 Å². The molecule has 3 heterocycles. The number of amides is 5. The van der Waals surface area contributed by atoms with Gasteiger partial charge in [0.15, 0.2) is 0 Å². The Kier molecular flexibility index (Phi) is 4.41. The van der Waals surface area contributed by atoms with E-state index in [2.05, 4.69) is 10.6 Å². The number of likely N-dealkylation sites (N-methyl/N-ethyl adjacent to an activating group) is 1. The molecule has 0 aromatic heterocycles. The molecule has 0 bridgehead atoms. The van der Waals surface area contributed by atoms with Gasteiger partial charge in [-0.1, -0.05) is 0 Å². The first-order valence-corrected chi connectivity index (χ1v) is 7.72. The Labute approximate surface area is 138 Å².